The van der Waals surface area contributed by atoms with Gasteiger partial charge in [0.25, 0.3) is 0 Å². The Kier molecular flexibility index (Phi) is 9.19. The molecule has 0 fully saturated rings. The number of unbranched alkanes of at least 4 members (excludes halogenated alkanes) is 3. The van der Waals surface area contributed by atoms with Crippen LogP contribution >= 0.6 is 0 Å². The van der Waals surface area contributed by atoms with E-state index in [4.69, 9.17) is 18.9 Å². The van der Waals surface area contributed by atoms with Crippen LogP contribution in [-0.2, 0) is 6.54 Å². The van der Waals surface area contributed by atoms with Gasteiger partial charge in [0.2, 0.25) is 5.75 Å². The van der Waals surface area contributed by atoms with Crippen LogP contribution < -0.4 is 18.9 Å². The summed E-state index contributed by atoms with van der Waals surface area (Å²) in [7, 11) is 9.37. The monoisotopic (exact) mass is 430 g/mol. The topological polar surface area (TPSA) is 54.0 Å². The van der Waals surface area contributed by atoms with Crippen molar-refractivity contribution in [3.63, 3.8) is 0 Å². The Hall–Kier alpha value is -2.73. The summed E-state index contributed by atoms with van der Waals surface area (Å²) in [5, 5.41) is 0. The van der Waals surface area contributed by atoms with E-state index in [1.807, 2.05) is 24.3 Å². The molecule has 0 N–H and O–H groups in total. The third-order valence-corrected chi connectivity index (χ3v) is 4.76. The average Bonchev–Trinajstić information content (AvgIpc) is 2.73. The number of hydrogen-bond donors (Lipinski definition) is 0. The number of hydrogen-bond acceptors (Lipinski definition) is 5. The minimum absolute atomic E-state index is 0.340. The minimum Gasteiger partial charge on any atom is -0.493 e. The van der Waals surface area contributed by atoms with E-state index >= 15 is 0 Å². The molecule has 0 saturated heterocycles. The maximum Gasteiger partial charge on any atom is 0.343 e. The number of benzene rings is 2. The van der Waals surface area contributed by atoms with Crippen LogP contribution in [0.1, 0.15) is 48.5 Å². The molecule has 0 aliphatic carbocycles. The molecule has 0 atom stereocenters. The van der Waals surface area contributed by atoms with Crippen molar-refractivity contribution in [1.82, 2.24) is 0 Å². The summed E-state index contributed by atoms with van der Waals surface area (Å²) in [6.07, 6.45) is 4.41. The van der Waals surface area contributed by atoms with Gasteiger partial charge >= 0.3 is 5.97 Å². The van der Waals surface area contributed by atoms with E-state index in [9.17, 15) is 4.79 Å². The summed E-state index contributed by atoms with van der Waals surface area (Å²) < 4.78 is 23.3. The van der Waals surface area contributed by atoms with Gasteiger partial charge in [0.1, 0.15) is 12.3 Å². The number of carbonyl (C=O) groups excluding carboxylic acids is 1. The van der Waals surface area contributed by atoms with Crippen molar-refractivity contribution in [3.05, 3.63) is 47.5 Å². The van der Waals surface area contributed by atoms with E-state index in [1.54, 1.807) is 26.4 Å². The molecule has 2 aromatic carbocycles. The molecule has 6 heteroatoms. The fraction of sp³-hybridized carbons (Fsp3) is 0.480. The molecule has 2 rings (SSSR count). The Morgan fingerprint density at radius 2 is 1.55 bits per heavy atom. The first kappa shape index (κ1) is 24.5. The molecule has 0 radical (unpaired) electrons. The summed E-state index contributed by atoms with van der Waals surface area (Å²) in [4.78, 5) is 12.9. The zero-order valence-electron chi connectivity index (χ0n) is 19.7. The number of methoxy groups -OCH3 is 2. The Bertz CT molecular complexity index is 832. The number of para-hydroxylation sites is 1. The lowest BCUT2D eigenvalue weighted by Gasteiger charge is -2.24. The Morgan fingerprint density at radius 1 is 0.903 bits per heavy atom. The van der Waals surface area contributed by atoms with Crippen molar-refractivity contribution in [3.8, 4) is 23.0 Å². The van der Waals surface area contributed by atoms with E-state index in [-0.39, 0.29) is 0 Å². The zero-order chi connectivity index (χ0) is 22.9. The number of rotatable bonds is 12. The highest BCUT2D eigenvalue weighted by atomic mass is 16.5. The van der Waals surface area contributed by atoms with Gasteiger partial charge < -0.3 is 23.4 Å². The van der Waals surface area contributed by atoms with Gasteiger partial charge in [0.05, 0.1) is 47.5 Å². The van der Waals surface area contributed by atoms with E-state index < -0.39 is 5.97 Å². The standard InChI is InChI=1S/C25H36NO5/c1-7-8-9-12-15-30-24-22(28-5)16-20(17-23(24)29-6)25(27)31-21-14-11-10-13-19(21)18-26(2,3)4/h10-11,13-14,16-17H,7-9,12,15,18H2,1-6H3/q+1. The highest BCUT2D eigenvalue weighted by Crippen LogP contribution is 2.39. The molecule has 0 saturated carbocycles. The van der Waals surface area contributed by atoms with Gasteiger partial charge in [-0.3, -0.25) is 0 Å². The van der Waals surface area contributed by atoms with E-state index in [0.29, 0.717) is 35.2 Å². The Balaban J connectivity index is 2.22. The van der Waals surface area contributed by atoms with Crippen molar-refractivity contribution >= 4 is 5.97 Å². The predicted molar refractivity (Wildman–Crippen MR) is 122 cm³/mol. The normalized spacial score (nSPS) is 11.2. The van der Waals surface area contributed by atoms with E-state index in [1.165, 1.54) is 12.8 Å². The number of ether oxygens (including phenoxy) is 4. The van der Waals surface area contributed by atoms with Gasteiger partial charge in [-0.15, -0.1) is 0 Å². The minimum atomic E-state index is -0.472. The fourth-order valence-electron chi connectivity index (χ4n) is 3.25. The van der Waals surface area contributed by atoms with E-state index in [2.05, 4.69) is 28.1 Å². The quantitative estimate of drug-likeness (QED) is 0.203. The number of nitrogens with zero attached hydrogens (tertiary/aromatic N) is 1. The fourth-order valence-corrected chi connectivity index (χ4v) is 3.25. The molecule has 6 nitrogen and oxygen atoms in total. The van der Waals surface area contributed by atoms with Crippen LogP contribution in [0.25, 0.3) is 0 Å². The second-order valence-electron chi connectivity index (χ2n) is 8.56. The van der Waals surface area contributed by atoms with Gasteiger partial charge in [-0.2, -0.15) is 0 Å². The molecule has 0 spiro atoms. The first-order chi connectivity index (χ1) is 14.8. The second-order valence-corrected chi connectivity index (χ2v) is 8.56. The van der Waals surface area contributed by atoms with Crippen LogP contribution in [0.2, 0.25) is 0 Å². The summed E-state index contributed by atoms with van der Waals surface area (Å²) >= 11 is 0. The maximum atomic E-state index is 12.9. The molecular formula is C25H36NO5+. The van der Waals surface area contributed by atoms with Gasteiger partial charge in [-0.05, 0) is 30.7 Å². The molecule has 0 aliphatic rings. The molecule has 170 valence electrons. The van der Waals surface area contributed by atoms with Gasteiger partial charge in [-0.1, -0.05) is 38.3 Å². The van der Waals surface area contributed by atoms with E-state index in [0.717, 1.165) is 29.4 Å². The summed E-state index contributed by atoms with van der Waals surface area (Å²) in [5.41, 5.74) is 1.31. The van der Waals surface area contributed by atoms with Crippen LogP contribution in [-0.4, -0.2) is 52.4 Å². The highest BCUT2D eigenvalue weighted by Gasteiger charge is 2.21. The smallest absolute Gasteiger partial charge is 0.343 e. The number of esters is 1. The van der Waals surface area contributed by atoms with Crippen LogP contribution in [0.5, 0.6) is 23.0 Å². The van der Waals surface area contributed by atoms with Crippen LogP contribution in [0, 0.1) is 0 Å². The zero-order valence-corrected chi connectivity index (χ0v) is 19.7. The SMILES string of the molecule is CCCCCCOc1c(OC)cc(C(=O)Oc2ccccc2C[N+](C)(C)C)cc1OC. The van der Waals surface area contributed by atoms with Crippen molar-refractivity contribution in [2.75, 3.05) is 42.0 Å². The van der Waals surface area contributed by atoms with Crippen molar-refractivity contribution in [1.29, 1.82) is 0 Å². The second kappa shape index (κ2) is 11.6. The first-order valence-electron chi connectivity index (χ1n) is 10.8. The van der Waals surface area contributed by atoms with Crippen molar-refractivity contribution in [2.45, 2.75) is 39.2 Å². The number of quaternary nitrogens is 1. The molecule has 0 bridgehead atoms. The predicted octanol–water partition coefficient (Wildman–Crippen LogP) is 5.09. The molecule has 0 aromatic heterocycles. The third kappa shape index (κ3) is 7.47. The van der Waals surface area contributed by atoms with Crippen LogP contribution in [0.15, 0.2) is 36.4 Å². The molecule has 31 heavy (non-hydrogen) atoms. The summed E-state index contributed by atoms with van der Waals surface area (Å²) in [6, 6.07) is 10.9. The lowest BCUT2D eigenvalue weighted by molar-refractivity contribution is -0.884. The first-order valence-corrected chi connectivity index (χ1v) is 10.8. The largest absolute Gasteiger partial charge is 0.493 e. The van der Waals surface area contributed by atoms with Crippen molar-refractivity contribution < 1.29 is 28.2 Å². The lowest BCUT2D eigenvalue weighted by Crippen LogP contribution is -2.33. The van der Waals surface area contributed by atoms with Crippen LogP contribution in [0.3, 0.4) is 0 Å². The van der Waals surface area contributed by atoms with Crippen molar-refractivity contribution in [2.24, 2.45) is 0 Å². The third-order valence-electron chi connectivity index (χ3n) is 4.76. The molecule has 2 aromatic rings. The molecule has 0 amide bonds. The summed E-state index contributed by atoms with van der Waals surface area (Å²) in [5.74, 6) is 1.47. The molecule has 0 heterocycles. The van der Waals surface area contributed by atoms with Crippen LogP contribution in [0.4, 0.5) is 0 Å². The summed E-state index contributed by atoms with van der Waals surface area (Å²) in [6.45, 7) is 3.47. The van der Waals surface area contributed by atoms with Gasteiger partial charge in [-0.25, -0.2) is 4.79 Å². The maximum absolute atomic E-state index is 12.9. The average molecular weight is 431 g/mol. The van der Waals surface area contributed by atoms with Gasteiger partial charge in [0.15, 0.2) is 11.5 Å². The lowest BCUT2D eigenvalue weighted by atomic mass is 10.1. The molecular weight excluding hydrogens is 394 g/mol. The molecule has 0 aliphatic heterocycles. The molecule has 0 unspecified atom stereocenters. The van der Waals surface area contributed by atoms with Gasteiger partial charge in [0, 0.05) is 5.56 Å². The Labute approximate surface area is 186 Å². The highest BCUT2D eigenvalue weighted by molar-refractivity contribution is 5.92. The Morgan fingerprint density at radius 3 is 2.13 bits per heavy atom. The number of carbonyl (C=O) groups is 1.